The molecular weight excluding hydrogens is 362 g/mol. The molecule has 6 heteroatoms. The van der Waals surface area contributed by atoms with Gasteiger partial charge in [0.25, 0.3) is 11.7 Å². The molecule has 0 radical (unpaired) electrons. The van der Waals surface area contributed by atoms with Gasteiger partial charge in [-0.3, -0.25) is 9.59 Å². The van der Waals surface area contributed by atoms with E-state index >= 15 is 0 Å². The van der Waals surface area contributed by atoms with Crippen LogP contribution in [0.4, 0.5) is 0 Å². The van der Waals surface area contributed by atoms with Gasteiger partial charge in [0.2, 0.25) is 0 Å². The molecule has 0 spiro atoms. The molecule has 1 saturated heterocycles. The van der Waals surface area contributed by atoms with Gasteiger partial charge in [-0.25, -0.2) is 0 Å². The summed E-state index contributed by atoms with van der Waals surface area (Å²) in [6.07, 6.45) is 0.741. The van der Waals surface area contributed by atoms with Gasteiger partial charge in [0, 0.05) is 23.6 Å². The number of benzene rings is 1. The molecular formula is C21H23NO4S. The maximum absolute atomic E-state index is 12.7. The summed E-state index contributed by atoms with van der Waals surface area (Å²) in [6.45, 7) is 4.82. The van der Waals surface area contributed by atoms with Crippen LogP contribution in [0.1, 0.15) is 36.8 Å². The Morgan fingerprint density at radius 3 is 2.56 bits per heavy atom. The van der Waals surface area contributed by atoms with Crippen molar-refractivity contribution in [3.05, 3.63) is 63.9 Å². The molecule has 0 saturated carbocycles. The lowest BCUT2D eigenvalue weighted by molar-refractivity contribution is -0.140. The van der Waals surface area contributed by atoms with E-state index in [-0.39, 0.29) is 17.4 Å². The van der Waals surface area contributed by atoms with Crippen LogP contribution in [0, 0.1) is 0 Å². The van der Waals surface area contributed by atoms with Crippen LogP contribution >= 0.6 is 11.3 Å². The van der Waals surface area contributed by atoms with Crippen LogP contribution in [0.5, 0.6) is 0 Å². The number of thiophene rings is 1. The van der Waals surface area contributed by atoms with E-state index in [9.17, 15) is 14.7 Å². The zero-order chi connectivity index (χ0) is 19.4. The molecule has 142 valence electrons. The second-order valence-electron chi connectivity index (χ2n) is 6.65. The third kappa shape index (κ3) is 4.12. The van der Waals surface area contributed by atoms with Gasteiger partial charge in [-0.15, -0.1) is 11.3 Å². The van der Waals surface area contributed by atoms with Crippen molar-refractivity contribution in [1.29, 1.82) is 0 Å². The number of hydrogen-bond donors (Lipinski definition) is 1. The topological polar surface area (TPSA) is 66.8 Å². The Balaban J connectivity index is 1.95. The Morgan fingerprint density at radius 1 is 1.19 bits per heavy atom. The van der Waals surface area contributed by atoms with Crippen molar-refractivity contribution in [3.8, 4) is 0 Å². The number of hydrogen-bond acceptors (Lipinski definition) is 5. The molecule has 1 aliphatic rings. The van der Waals surface area contributed by atoms with Gasteiger partial charge in [0.1, 0.15) is 5.76 Å². The van der Waals surface area contributed by atoms with Gasteiger partial charge >= 0.3 is 0 Å². The molecule has 0 bridgehead atoms. The van der Waals surface area contributed by atoms with E-state index in [1.165, 1.54) is 11.3 Å². The average molecular weight is 385 g/mol. The highest BCUT2D eigenvalue weighted by atomic mass is 32.1. The van der Waals surface area contributed by atoms with Gasteiger partial charge in [-0.2, -0.15) is 0 Å². The number of Topliss-reactive ketones (excluding diaryl/α,β-unsaturated/α-hetero) is 1. The van der Waals surface area contributed by atoms with Crippen molar-refractivity contribution in [3.63, 3.8) is 0 Å². The SMILES string of the molecule is CC(C)OCCCN1C(=O)C(=O)/C(=C(\O)c2ccccc2)C1c1cccs1. The van der Waals surface area contributed by atoms with Crippen LogP contribution in [-0.4, -0.2) is 41.0 Å². The highest BCUT2D eigenvalue weighted by Crippen LogP contribution is 2.40. The van der Waals surface area contributed by atoms with E-state index < -0.39 is 17.7 Å². The van der Waals surface area contributed by atoms with E-state index in [1.54, 1.807) is 29.2 Å². The third-order valence-corrected chi connectivity index (χ3v) is 5.32. The highest BCUT2D eigenvalue weighted by Gasteiger charge is 2.46. The molecule has 1 amide bonds. The Labute approximate surface area is 162 Å². The number of carbonyl (C=O) groups excluding carboxylic acids is 2. The number of carbonyl (C=O) groups is 2. The number of amides is 1. The molecule has 3 rings (SSSR count). The fourth-order valence-corrected chi connectivity index (χ4v) is 4.00. The van der Waals surface area contributed by atoms with Crippen LogP contribution in [0.3, 0.4) is 0 Å². The lowest BCUT2D eigenvalue weighted by Crippen LogP contribution is -2.31. The normalized spacial score (nSPS) is 19.2. The molecule has 1 fully saturated rings. The molecule has 5 nitrogen and oxygen atoms in total. The van der Waals surface area contributed by atoms with E-state index in [4.69, 9.17) is 4.74 Å². The van der Waals surface area contributed by atoms with Crippen LogP contribution in [0.15, 0.2) is 53.4 Å². The summed E-state index contributed by atoms with van der Waals surface area (Å²) < 4.78 is 5.55. The first-order chi connectivity index (χ1) is 13.0. The lowest BCUT2D eigenvalue weighted by atomic mass is 10.00. The summed E-state index contributed by atoms with van der Waals surface area (Å²) in [5.74, 6) is -1.34. The first-order valence-corrected chi connectivity index (χ1v) is 9.87. The minimum atomic E-state index is -0.639. The van der Waals surface area contributed by atoms with E-state index in [0.717, 1.165) is 4.88 Å². The molecule has 1 aromatic carbocycles. The van der Waals surface area contributed by atoms with Gasteiger partial charge in [0.05, 0.1) is 17.7 Å². The second kappa shape index (κ2) is 8.50. The smallest absolute Gasteiger partial charge is 0.295 e. The maximum Gasteiger partial charge on any atom is 0.295 e. The zero-order valence-electron chi connectivity index (χ0n) is 15.4. The number of likely N-dealkylation sites (tertiary alicyclic amines) is 1. The molecule has 1 aromatic heterocycles. The summed E-state index contributed by atoms with van der Waals surface area (Å²) >= 11 is 1.47. The number of aliphatic hydroxyl groups is 1. The predicted octanol–water partition coefficient (Wildman–Crippen LogP) is 3.98. The molecule has 2 aromatic rings. The highest BCUT2D eigenvalue weighted by molar-refractivity contribution is 7.10. The Kier molecular flexibility index (Phi) is 6.08. The van der Waals surface area contributed by atoms with Crippen LogP contribution in [0.25, 0.3) is 5.76 Å². The van der Waals surface area contributed by atoms with Crippen molar-refractivity contribution >= 4 is 28.8 Å². The van der Waals surface area contributed by atoms with E-state index in [0.29, 0.717) is 25.1 Å². The largest absolute Gasteiger partial charge is 0.507 e. The van der Waals surface area contributed by atoms with Crippen molar-refractivity contribution < 1.29 is 19.4 Å². The number of aliphatic hydroxyl groups excluding tert-OH is 1. The molecule has 2 heterocycles. The standard InChI is InChI=1S/C21H23NO4S/c1-14(2)26-12-7-11-22-18(16-10-6-13-27-16)17(20(24)21(22)25)19(23)15-8-4-3-5-9-15/h3-6,8-10,13-14,18,23H,7,11-12H2,1-2H3/b19-17-. The summed E-state index contributed by atoms with van der Waals surface area (Å²) in [6, 6.07) is 12.1. The lowest BCUT2D eigenvalue weighted by Gasteiger charge is -2.24. The number of rotatable bonds is 7. The average Bonchev–Trinajstić information content (AvgIpc) is 3.27. The fraction of sp³-hybridized carbons (Fsp3) is 0.333. The van der Waals surface area contributed by atoms with Gasteiger partial charge < -0.3 is 14.7 Å². The quantitative estimate of drug-likeness (QED) is 0.339. The zero-order valence-corrected chi connectivity index (χ0v) is 16.2. The van der Waals surface area contributed by atoms with Crippen molar-refractivity contribution in [2.75, 3.05) is 13.2 Å². The molecule has 1 atom stereocenters. The van der Waals surface area contributed by atoms with Crippen molar-refractivity contribution in [2.45, 2.75) is 32.4 Å². The van der Waals surface area contributed by atoms with E-state index in [2.05, 4.69) is 0 Å². The predicted molar refractivity (Wildman–Crippen MR) is 105 cm³/mol. The summed E-state index contributed by atoms with van der Waals surface area (Å²) in [7, 11) is 0. The molecule has 1 unspecified atom stereocenters. The molecule has 27 heavy (non-hydrogen) atoms. The Bertz CT molecular complexity index is 827. The minimum absolute atomic E-state index is 0.117. The summed E-state index contributed by atoms with van der Waals surface area (Å²) in [5.41, 5.74) is 0.679. The van der Waals surface area contributed by atoms with Gasteiger partial charge in [0.15, 0.2) is 0 Å². The van der Waals surface area contributed by atoms with Crippen molar-refractivity contribution in [1.82, 2.24) is 4.90 Å². The monoisotopic (exact) mass is 385 g/mol. The second-order valence-corrected chi connectivity index (χ2v) is 7.63. The van der Waals surface area contributed by atoms with Crippen LogP contribution in [0.2, 0.25) is 0 Å². The van der Waals surface area contributed by atoms with Crippen molar-refractivity contribution in [2.24, 2.45) is 0 Å². The minimum Gasteiger partial charge on any atom is -0.507 e. The van der Waals surface area contributed by atoms with Crippen LogP contribution in [-0.2, 0) is 14.3 Å². The third-order valence-electron chi connectivity index (χ3n) is 4.39. The van der Waals surface area contributed by atoms with E-state index in [1.807, 2.05) is 37.4 Å². The summed E-state index contributed by atoms with van der Waals surface area (Å²) in [4.78, 5) is 27.8. The Hall–Kier alpha value is -2.44. The maximum atomic E-state index is 12.7. The van der Waals surface area contributed by atoms with Crippen LogP contribution < -0.4 is 0 Å². The number of ketones is 1. The first kappa shape index (κ1) is 19.3. The number of nitrogens with zero attached hydrogens (tertiary/aromatic N) is 1. The summed E-state index contributed by atoms with van der Waals surface area (Å²) in [5, 5.41) is 12.7. The molecule has 0 aliphatic carbocycles. The molecule has 1 aliphatic heterocycles. The molecule has 1 N–H and O–H groups in total. The first-order valence-electron chi connectivity index (χ1n) is 8.99. The Morgan fingerprint density at radius 2 is 1.93 bits per heavy atom. The van der Waals surface area contributed by atoms with Gasteiger partial charge in [-0.1, -0.05) is 36.4 Å². The fourth-order valence-electron chi connectivity index (χ4n) is 3.16. The number of ether oxygens (including phenoxy) is 1. The van der Waals surface area contributed by atoms with Gasteiger partial charge in [-0.05, 0) is 31.7 Å².